The maximum absolute atomic E-state index is 12.9. The molecule has 0 aromatic heterocycles. The van der Waals surface area contributed by atoms with E-state index < -0.39 is 11.9 Å². The molecule has 1 heterocycles. The van der Waals surface area contributed by atoms with E-state index in [1.54, 1.807) is 7.11 Å². The number of nitrogens with zero attached hydrogens (tertiary/aromatic N) is 1. The Balaban J connectivity index is 0.000000580. The zero-order valence-electron chi connectivity index (χ0n) is 23.0. The van der Waals surface area contributed by atoms with Crippen LogP contribution in [-0.2, 0) is 20.8 Å². The molecule has 9 heteroatoms. The Kier molecular flexibility index (Phi) is 13.6. The Bertz CT molecular complexity index is 1070. The van der Waals surface area contributed by atoms with E-state index in [9.17, 15) is 14.4 Å². The quantitative estimate of drug-likeness (QED) is 0.330. The zero-order chi connectivity index (χ0) is 28.6. The summed E-state index contributed by atoms with van der Waals surface area (Å²) in [7, 11) is 1.63. The molecule has 0 radical (unpaired) electrons. The fourth-order valence-corrected chi connectivity index (χ4v) is 4.13. The first-order chi connectivity index (χ1) is 18.7. The van der Waals surface area contributed by atoms with Crippen LogP contribution >= 0.6 is 0 Å². The number of ether oxygens (including phenoxy) is 2. The molecule has 1 fully saturated rings. The maximum atomic E-state index is 12.9. The lowest BCUT2D eigenvalue weighted by Gasteiger charge is -2.32. The number of rotatable bonds is 12. The third-order valence-corrected chi connectivity index (χ3v) is 6.03. The lowest BCUT2D eigenvalue weighted by atomic mass is 9.96. The van der Waals surface area contributed by atoms with Gasteiger partial charge in [0.1, 0.15) is 0 Å². The standard InChI is InChI=1S/C26H36N2O3.C4H4O4/c1-20(2)19-31-25-17-23(13-14-24(25)30-3)27-26(29)22-12-8-16-28(18-22)15-7-11-21-9-5-4-6-10-21;5-3(6)1-2-4(7)8/h4-6,9-10,13-14,17,20,22H,7-8,11-12,15-16,18-19H2,1-3H3,(H,27,29);1-2H,(H,5,6)(H,7,8)/b;2-1+. The number of piperidine rings is 1. The molecule has 9 nitrogen and oxygen atoms in total. The van der Waals surface area contributed by atoms with Crippen molar-refractivity contribution >= 4 is 23.5 Å². The normalized spacial score (nSPS) is 15.3. The Morgan fingerprint density at radius 3 is 2.36 bits per heavy atom. The molecule has 1 aliphatic rings. The molecule has 2 aromatic carbocycles. The van der Waals surface area contributed by atoms with Crippen LogP contribution in [0.2, 0.25) is 0 Å². The zero-order valence-corrected chi connectivity index (χ0v) is 23.0. The van der Waals surface area contributed by atoms with Crippen LogP contribution in [0.4, 0.5) is 5.69 Å². The first-order valence-corrected chi connectivity index (χ1v) is 13.2. The molecular weight excluding hydrogens is 500 g/mol. The molecule has 3 rings (SSSR count). The van der Waals surface area contributed by atoms with Crippen molar-refractivity contribution in [2.75, 3.05) is 38.7 Å². The summed E-state index contributed by atoms with van der Waals surface area (Å²) in [6, 6.07) is 16.2. The van der Waals surface area contributed by atoms with Crippen molar-refractivity contribution in [1.82, 2.24) is 4.90 Å². The van der Waals surface area contributed by atoms with Crippen LogP contribution < -0.4 is 14.8 Å². The number of anilines is 1. The summed E-state index contributed by atoms with van der Waals surface area (Å²) in [5, 5.41) is 18.7. The van der Waals surface area contributed by atoms with Gasteiger partial charge >= 0.3 is 11.9 Å². The molecule has 1 aliphatic heterocycles. The average molecular weight is 541 g/mol. The van der Waals surface area contributed by atoms with Crippen molar-refractivity contribution in [1.29, 1.82) is 0 Å². The number of nitrogens with one attached hydrogen (secondary N) is 1. The molecule has 39 heavy (non-hydrogen) atoms. The molecule has 3 N–H and O–H groups in total. The van der Waals surface area contributed by atoms with Gasteiger partial charge in [-0.05, 0) is 62.4 Å². The van der Waals surface area contributed by atoms with Crippen molar-refractivity contribution in [2.45, 2.75) is 39.5 Å². The van der Waals surface area contributed by atoms with Gasteiger partial charge in [-0.2, -0.15) is 0 Å². The second-order valence-electron chi connectivity index (χ2n) is 9.80. The molecular formula is C30H40N2O7. The predicted molar refractivity (Wildman–Crippen MR) is 150 cm³/mol. The van der Waals surface area contributed by atoms with Crippen LogP contribution in [0, 0.1) is 11.8 Å². The predicted octanol–water partition coefficient (Wildman–Crippen LogP) is 4.73. The molecule has 2 aromatic rings. The van der Waals surface area contributed by atoms with Crippen molar-refractivity contribution in [3.05, 3.63) is 66.2 Å². The number of methoxy groups -OCH3 is 1. The Labute approximate surface area is 230 Å². The van der Waals surface area contributed by atoms with E-state index in [0.717, 1.165) is 51.0 Å². The highest BCUT2D eigenvalue weighted by Gasteiger charge is 2.25. The van der Waals surface area contributed by atoms with E-state index in [1.807, 2.05) is 18.2 Å². The Morgan fingerprint density at radius 2 is 1.74 bits per heavy atom. The number of carbonyl (C=O) groups excluding carboxylic acids is 1. The maximum Gasteiger partial charge on any atom is 0.328 e. The van der Waals surface area contributed by atoms with E-state index in [4.69, 9.17) is 19.7 Å². The summed E-state index contributed by atoms with van der Waals surface area (Å²) in [5.74, 6) is -0.640. The van der Waals surface area contributed by atoms with E-state index in [1.165, 1.54) is 5.56 Å². The molecule has 1 saturated heterocycles. The molecule has 1 unspecified atom stereocenters. The van der Waals surface area contributed by atoms with Crippen molar-refractivity contribution in [3.8, 4) is 11.5 Å². The van der Waals surface area contributed by atoms with Gasteiger partial charge in [0.15, 0.2) is 11.5 Å². The Hall–Kier alpha value is -3.85. The highest BCUT2D eigenvalue weighted by atomic mass is 16.5. The van der Waals surface area contributed by atoms with Crippen LogP contribution in [0.25, 0.3) is 0 Å². The number of aliphatic carboxylic acids is 2. The smallest absolute Gasteiger partial charge is 0.328 e. The van der Waals surface area contributed by atoms with E-state index in [0.29, 0.717) is 36.2 Å². The summed E-state index contributed by atoms with van der Waals surface area (Å²) in [6.45, 7) is 7.75. The molecule has 1 amide bonds. The summed E-state index contributed by atoms with van der Waals surface area (Å²) < 4.78 is 11.3. The molecule has 0 saturated carbocycles. The van der Waals surface area contributed by atoms with Crippen LogP contribution in [0.3, 0.4) is 0 Å². The first-order valence-electron chi connectivity index (χ1n) is 13.2. The van der Waals surface area contributed by atoms with Gasteiger partial charge in [-0.25, -0.2) is 9.59 Å². The summed E-state index contributed by atoms with van der Waals surface area (Å²) in [6.07, 6.45) is 5.32. The van der Waals surface area contributed by atoms with E-state index >= 15 is 0 Å². The summed E-state index contributed by atoms with van der Waals surface area (Å²) in [4.78, 5) is 34.5. The summed E-state index contributed by atoms with van der Waals surface area (Å²) in [5.41, 5.74) is 2.13. The lowest BCUT2D eigenvalue weighted by molar-refractivity contribution is -0.134. The minimum absolute atomic E-state index is 0.0209. The van der Waals surface area contributed by atoms with Crippen LogP contribution in [0.5, 0.6) is 11.5 Å². The number of carboxylic acid groups (broad SMARTS) is 2. The van der Waals surface area contributed by atoms with Crippen LogP contribution in [0.1, 0.15) is 38.7 Å². The van der Waals surface area contributed by atoms with Crippen molar-refractivity contribution in [3.63, 3.8) is 0 Å². The number of carbonyl (C=O) groups is 3. The third kappa shape index (κ3) is 12.5. The molecule has 212 valence electrons. The second-order valence-corrected chi connectivity index (χ2v) is 9.80. The van der Waals surface area contributed by atoms with Gasteiger partial charge in [0.2, 0.25) is 5.91 Å². The fraction of sp³-hybridized carbons (Fsp3) is 0.433. The number of hydrogen-bond donors (Lipinski definition) is 3. The van der Waals surface area contributed by atoms with Gasteiger partial charge in [0.25, 0.3) is 0 Å². The number of carboxylic acids is 2. The van der Waals surface area contributed by atoms with E-state index in [2.05, 4.69) is 54.4 Å². The van der Waals surface area contributed by atoms with Gasteiger partial charge in [0, 0.05) is 30.5 Å². The number of amides is 1. The molecule has 1 atom stereocenters. The number of hydrogen-bond acceptors (Lipinski definition) is 6. The lowest BCUT2D eigenvalue weighted by Crippen LogP contribution is -2.41. The van der Waals surface area contributed by atoms with Gasteiger partial charge in [-0.1, -0.05) is 44.2 Å². The second kappa shape index (κ2) is 16.9. The van der Waals surface area contributed by atoms with Crippen molar-refractivity contribution < 1.29 is 34.1 Å². The Morgan fingerprint density at radius 1 is 1.05 bits per heavy atom. The minimum Gasteiger partial charge on any atom is -0.493 e. The number of aryl methyl sites for hydroxylation is 1. The van der Waals surface area contributed by atoms with Gasteiger partial charge in [-0.15, -0.1) is 0 Å². The van der Waals surface area contributed by atoms with E-state index in [-0.39, 0.29) is 11.8 Å². The highest BCUT2D eigenvalue weighted by molar-refractivity contribution is 5.93. The topological polar surface area (TPSA) is 125 Å². The highest BCUT2D eigenvalue weighted by Crippen LogP contribution is 2.31. The fourth-order valence-electron chi connectivity index (χ4n) is 4.13. The molecule has 0 bridgehead atoms. The van der Waals surface area contributed by atoms with Gasteiger partial charge in [0.05, 0.1) is 19.6 Å². The van der Waals surface area contributed by atoms with Gasteiger partial charge in [-0.3, -0.25) is 4.79 Å². The molecule has 0 aliphatic carbocycles. The van der Waals surface area contributed by atoms with Crippen LogP contribution in [-0.4, -0.2) is 66.3 Å². The average Bonchev–Trinajstić information content (AvgIpc) is 2.92. The molecule has 0 spiro atoms. The van der Waals surface area contributed by atoms with Crippen molar-refractivity contribution in [2.24, 2.45) is 11.8 Å². The van der Waals surface area contributed by atoms with Crippen LogP contribution in [0.15, 0.2) is 60.7 Å². The first kappa shape index (κ1) is 31.4. The number of likely N-dealkylation sites (tertiary alicyclic amines) is 1. The SMILES string of the molecule is COc1ccc(NC(=O)C2CCCN(CCCc3ccccc3)C2)cc1OCC(C)C.O=C(O)/C=C/C(=O)O. The van der Waals surface area contributed by atoms with Gasteiger partial charge < -0.3 is 29.9 Å². The minimum atomic E-state index is -1.26. The summed E-state index contributed by atoms with van der Waals surface area (Å²) >= 11 is 0. The number of benzene rings is 2. The monoisotopic (exact) mass is 540 g/mol. The largest absolute Gasteiger partial charge is 0.493 e. The third-order valence-electron chi connectivity index (χ3n) is 6.03.